The molecule has 1 saturated carbocycles. The van der Waals surface area contributed by atoms with Crippen molar-refractivity contribution < 1.29 is 0 Å². The van der Waals surface area contributed by atoms with Crippen LogP contribution in [0, 0.1) is 11.8 Å². The summed E-state index contributed by atoms with van der Waals surface area (Å²) < 4.78 is 0. The Kier molecular flexibility index (Phi) is 2.08. The van der Waals surface area contributed by atoms with Gasteiger partial charge in [0.25, 0.3) is 0 Å². The Morgan fingerprint density at radius 1 is 1.50 bits per heavy atom. The highest BCUT2D eigenvalue weighted by atomic mass is 14.4. The van der Waals surface area contributed by atoms with Gasteiger partial charge in [0.05, 0.1) is 0 Å². The largest absolute Gasteiger partial charge is 0.0779 e. The number of rotatable bonds is 3. The summed E-state index contributed by atoms with van der Waals surface area (Å²) in [4.78, 5) is 0. The number of hydrogen-bond acceptors (Lipinski definition) is 0. The zero-order valence-corrected chi connectivity index (χ0v) is 8.14. The molecule has 0 saturated heterocycles. The molecule has 2 atom stereocenters. The summed E-state index contributed by atoms with van der Waals surface area (Å²) in [6.45, 7) is 4.52. The summed E-state index contributed by atoms with van der Waals surface area (Å²) in [6, 6.07) is 0. The van der Waals surface area contributed by atoms with Gasteiger partial charge in [-0.25, -0.2) is 0 Å². The molecule has 0 radical (unpaired) electrons. The number of unbranched alkanes of at least 4 members (excludes halogenated alkanes) is 1. The van der Waals surface area contributed by atoms with E-state index in [0.717, 1.165) is 11.8 Å². The van der Waals surface area contributed by atoms with Crippen LogP contribution >= 0.6 is 0 Å². The molecule has 0 N–H and O–H groups in total. The fourth-order valence-electron chi connectivity index (χ4n) is 2.31. The van der Waals surface area contributed by atoms with Crippen LogP contribution in [0.3, 0.4) is 0 Å². The molecular formula is C12H18. The number of hydrogen-bond donors (Lipinski definition) is 0. The zero-order valence-electron chi connectivity index (χ0n) is 8.14. The molecule has 0 heteroatoms. The quantitative estimate of drug-likeness (QED) is 0.593. The van der Waals surface area contributed by atoms with E-state index in [1.54, 1.807) is 5.57 Å². The molecule has 2 rings (SSSR count). The number of fused-ring (bicyclic) bond motifs is 1. The van der Waals surface area contributed by atoms with Crippen molar-refractivity contribution in [1.82, 2.24) is 0 Å². The molecule has 2 unspecified atom stereocenters. The van der Waals surface area contributed by atoms with Gasteiger partial charge in [0.2, 0.25) is 0 Å². The van der Waals surface area contributed by atoms with Crippen molar-refractivity contribution in [2.75, 3.05) is 0 Å². The molecule has 0 aromatic rings. The maximum absolute atomic E-state index is 2.48. The molecular weight excluding hydrogens is 144 g/mol. The normalized spacial score (nSPS) is 32.2. The predicted molar refractivity (Wildman–Crippen MR) is 53.0 cm³/mol. The monoisotopic (exact) mass is 162 g/mol. The van der Waals surface area contributed by atoms with E-state index in [0.29, 0.717) is 0 Å². The summed E-state index contributed by atoms with van der Waals surface area (Å²) in [7, 11) is 0. The van der Waals surface area contributed by atoms with Crippen molar-refractivity contribution in [2.24, 2.45) is 11.8 Å². The molecule has 2 aliphatic carbocycles. The van der Waals surface area contributed by atoms with Gasteiger partial charge in [0.15, 0.2) is 0 Å². The molecule has 0 nitrogen and oxygen atoms in total. The molecule has 0 aromatic heterocycles. The predicted octanol–water partition coefficient (Wildman–Crippen LogP) is 3.70. The van der Waals surface area contributed by atoms with Crippen LogP contribution in [0.15, 0.2) is 23.3 Å². The summed E-state index contributed by atoms with van der Waals surface area (Å²) in [5, 5.41) is 0. The van der Waals surface area contributed by atoms with E-state index in [4.69, 9.17) is 0 Å². The minimum Gasteiger partial charge on any atom is -0.0779 e. The molecule has 1 fully saturated rings. The minimum absolute atomic E-state index is 0.893. The fourth-order valence-corrected chi connectivity index (χ4v) is 2.31. The van der Waals surface area contributed by atoms with Crippen LogP contribution in [0.5, 0.6) is 0 Å². The van der Waals surface area contributed by atoms with Gasteiger partial charge in [-0.05, 0) is 31.6 Å². The van der Waals surface area contributed by atoms with Gasteiger partial charge in [-0.3, -0.25) is 0 Å². The molecule has 2 aliphatic rings. The van der Waals surface area contributed by atoms with Gasteiger partial charge >= 0.3 is 0 Å². The van der Waals surface area contributed by atoms with Crippen molar-refractivity contribution >= 4 is 0 Å². The lowest BCUT2D eigenvalue weighted by Gasteiger charge is -2.14. The smallest absolute Gasteiger partial charge is 0.00991 e. The van der Waals surface area contributed by atoms with Crippen LogP contribution < -0.4 is 0 Å². The Morgan fingerprint density at radius 3 is 3.08 bits per heavy atom. The second kappa shape index (κ2) is 3.08. The van der Waals surface area contributed by atoms with E-state index < -0.39 is 0 Å². The molecule has 0 aliphatic heterocycles. The lowest BCUT2D eigenvalue weighted by Crippen LogP contribution is -2.02. The first kappa shape index (κ1) is 8.10. The molecule has 0 spiro atoms. The molecule has 0 amide bonds. The Bertz CT molecular complexity index is 232. The van der Waals surface area contributed by atoms with Crippen molar-refractivity contribution in [2.45, 2.75) is 39.5 Å². The second-order valence-electron chi connectivity index (χ2n) is 4.25. The summed E-state index contributed by atoms with van der Waals surface area (Å²) in [5.41, 5.74) is 3.22. The average molecular weight is 162 g/mol. The highest BCUT2D eigenvalue weighted by Crippen LogP contribution is 2.49. The highest BCUT2D eigenvalue weighted by Gasteiger charge is 2.37. The Balaban J connectivity index is 1.95. The Morgan fingerprint density at radius 2 is 2.33 bits per heavy atom. The van der Waals surface area contributed by atoms with Gasteiger partial charge in [-0.2, -0.15) is 0 Å². The zero-order chi connectivity index (χ0) is 8.55. The molecule has 0 heterocycles. The van der Waals surface area contributed by atoms with Crippen LogP contribution in [0.4, 0.5) is 0 Å². The topological polar surface area (TPSA) is 0 Å². The van der Waals surface area contributed by atoms with Crippen LogP contribution in [0.25, 0.3) is 0 Å². The van der Waals surface area contributed by atoms with Gasteiger partial charge in [0.1, 0.15) is 0 Å². The average Bonchev–Trinajstić information content (AvgIpc) is 2.78. The Hall–Kier alpha value is -0.520. The Labute approximate surface area is 75.4 Å². The molecule has 12 heavy (non-hydrogen) atoms. The van der Waals surface area contributed by atoms with Crippen molar-refractivity contribution in [3.8, 4) is 0 Å². The van der Waals surface area contributed by atoms with E-state index in [2.05, 4.69) is 26.0 Å². The van der Waals surface area contributed by atoms with Gasteiger partial charge in [0, 0.05) is 0 Å². The summed E-state index contributed by atoms with van der Waals surface area (Å²) >= 11 is 0. The summed E-state index contributed by atoms with van der Waals surface area (Å²) in [6.07, 6.45) is 10.4. The van der Waals surface area contributed by atoms with Crippen molar-refractivity contribution in [3.05, 3.63) is 23.3 Å². The minimum atomic E-state index is 0.893. The van der Waals surface area contributed by atoms with Crippen LogP contribution in [0.2, 0.25) is 0 Å². The molecule has 0 aromatic carbocycles. The number of allylic oxidation sites excluding steroid dienone is 4. The van der Waals surface area contributed by atoms with E-state index in [1.165, 1.54) is 31.3 Å². The third-order valence-corrected chi connectivity index (χ3v) is 3.07. The lowest BCUT2D eigenvalue weighted by molar-refractivity contribution is 0.506. The van der Waals surface area contributed by atoms with Crippen molar-refractivity contribution in [1.29, 1.82) is 0 Å². The van der Waals surface area contributed by atoms with E-state index in [-0.39, 0.29) is 0 Å². The third kappa shape index (κ3) is 1.48. The van der Waals surface area contributed by atoms with Crippen LogP contribution in [-0.2, 0) is 0 Å². The maximum atomic E-state index is 2.48. The van der Waals surface area contributed by atoms with Gasteiger partial charge < -0.3 is 0 Å². The first-order chi connectivity index (χ1) is 5.81. The van der Waals surface area contributed by atoms with Crippen molar-refractivity contribution in [3.63, 3.8) is 0 Å². The SMILES string of the molecule is CCCCC1C=C(C)C=C2CC21. The first-order valence-corrected chi connectivity index (χ1v) is 5.20. The second-order valence-corrected chi connectivity index (χ2v) is 4.25. The fraction of sp³-hybridized carbons (Fsp3) is 0.667. The third-order valence-electron chi connectivity index (χ3n) is 3.07. The maximum Gasteiger partial charge on any atom is -0.00991 e. The van der Waals surface area contributed by atoms with E-state index in [1.807, 2.05) is 0 Å². The van der Waals surface area contributed by atoms with Crippen LogP contribution in [0.1, 0.15) is 39.5 Å². The van der Waals surface area contributed by atoms with E-state index >= 15 is 0 Å². The standard InChI is InChI=1S/C12H18/c1-3-4-5-10-6-9(2)7-11-8-12(10)11/h6-7,10,12H,3-5,8H2,1-2H3. The van der Waals surface area contributed by atoms with E-state index in [9.17, 15) is 0 Å². The lowest BCUT2D eigenvalue weighted by atomic mass is 9.91. The molecule has 0 bridgehead atoms. The first-order valence-electron chi connectivity index (χ1n) is 5.20. The summed E-state index contributed by atoms with van der Waals surface area (Å²) in [5.74, 6) is 1.85. The van der Waals surface area contributed by atoms with Gasteiger partial charge in [-0.1, -0.05) is 43.1 Å². The molecule has 66 valence electrons. The van der Waals surface area contributed by atoms with Gasteiger partial charge in [-0.15, -0.1) is 0 Å². The highest BCUT2D eigenvalue weighted by molar-refractivity contribution is 5.39. The van der Waals surface area contributed by atoms with Crippen LogP contribution in [-0.4, -0.2) is 0 Å².